The van der Waals surface area contributed by atoms with Crippen LogP contribution in [0.4, 0.5) is 13.2 Å². The van der Waals surface area contributed by atoms with Gasteiger partial charge in [0.2, 0.25) is 5.91 Å². The van der Waals surface area contributed by atoms with Crippen molar-refractivity contribution in [1.82, 2.24) is 16.0 Å². The Morgan fingerprint density at radius 2 is 2.00 bits per heavy atom. The summed E-state index contributed by atoms with van der Waals surface area (Å²) in [6, 6.07) is 5.11. The van der Waals surface area contributed by atoms with E-state index in [4.69, 9.17) is 0 Å². The van der Waals surface area contributed by atoms with E-state index in [0.717, 1.165) is 13.1 Å². The number of carbonyl (C=O) groups is 1. The lowest BCUT2D eigenvalue weighted by Gasteiger charge is -2.23. The summed E-state index contributed by atoms with van der Waals surface area (Å²) in [5.74, 6) is -0.423. The molecule has 1 heterocycles. The number of nitrogens with one attached hydrogen (secondary N) is 3. The molecule has 1 unspecified atom stereocenters. The average Bonchev–Trinajstić information content (AvgIpc) is 2.45. The van der Waals surface area contributed by atoms with Crippen LogP contribution in [0.1, 0.15) is 5.56 Å². The minimum absolute atomic E-state index is 0.141. The van der Waals surface area contributed by atoms with Crippen molar-refractivity contribution in [3.63, 3.8) is 0 Å². The number of alkyl halides is 3. The van der Waals surface area contributed by atoms with E-state index in [2.05, 4.69) is 20.7 Å². The minimum Gasteiger partial charge on any atom is -0.406 e. The molecule has 1 atom stereocenters. The van der Waals surface area contributed by atoms with Gasteiger partial charge in [-0.15, -0.1) is 13.2 Å². The first kappa shape index (κ1) is 15.6. The molecule has 0 saturated carbocycles. The van der Waals surface area contributed by atoms with Gasteiger partial charge >= 0.3 is 6.36 Å². The quantitative estimate of drug-likeness (QED) is 0.769. The van der Waals surface area contributed by atoms with Gasteiger partial charge in [0, 0.05) is 26.2 Å². The monoisotopic (exact) mass is 303 g/mol. The van der Waals surface area contributed by atoms with Crippen molar-refractivity contribution < 1.29 is 22.7 Å². The summed E-state index contributed by atoms with van der Waals surface area (Å²) in [6.45, 7) is 2.36. The van der Waals surface area contributed by atoms with Crippen LogP contribution in [-0.4, -0.2) is 37.9 Å². The van der Waals surface area contributed by atoms with E-state index in [9.17, 15) is 18.0 Å². The molecule has 1 aromatic rings. The van der Waals surface area contributed by atoms with Crippen LogP contribution in [0.15, 0.2) is 24.3 Å². The normalized spacial score (nSPS) is 19.1. The molecule has 1 aliphatic rings. The van der Waals surface area contributed by atoms with Crippen LogP contribution < -0.4 is 20.7 Å². The van der Waals surface area contributed by atoms with Gasteiger partial charge in [-0.2, -0.15) is 0 Å². The predicted octanol–water partition coefficient (Wildman–Crippen LogP) is 0.763. The van der Waals surface area contributed by atoms with E-state index in [0.29, 0.717) is 12.1 Å². The average molecular weight is 303 g/mol. The topological polar surface area (TPSA) is 62.4 Å². The molecule has 1 saturated heterocycles. The van der Waals surface area contributed by atoms with Crippen LogP contribution in [0.2, 0.25) is 0 Å². The van der Waals surface area contributed by atoms with Crippen LogP contribution >= 0.6 is 0 Å². The molecular formula is C13H16F3N3O2. The lowest BCUT2D eigenvalue weighted by atomic mass is 10.2. The van der Waals surface area contributed by atoms with E-state index < -0.39 is 6.36 Å². The third-order valence-electron chi connectivity index (χ3n) is 2.98. The fourth-order valence-electron chi connectivity index (χ4n) is 1.96. The number of benzene rings is 1. The summed E-state index contributed by atoms with van der Waals surface area (Å²) < 4.78 is 39.8. The first-order valence-corrected chi connectivity index (χ1v) is 6.50. The van der Waals surface area contributed by atoms with Gasteiger partial charge in [-0.25, -0.2) is 0 Å². The Morgan fingerprint density at radius 3 is 2.57 bits per heavy atom. The number of hydrogen-bond donors (Lipinski definition) is 3. The molecular weight excluding hydrogens is 287 g/mol. The lowest BCUT2D eigenvalue weighted by Crippen LogP contribution is -2.55. The Kier molecular flexibility index (Phi) is 5.03. The van der Waals surface area contributed by atoms with Gasteiger partial charge in [0.1, 0.15) is 5.75 Å². The van der Waals surface area contributed by atoms with Gasteiger partial charge in [0.15, 0.2) is 0 Å². The number of amides is 1. The number of halogens is 3. The maximum Gasteiger partial charge on any atom is 0.573 e. The van der Waals surface area contributed by atoms with E-state index in [1.165, 1.54) is 24.3 Å². The van der Waals surface area contributed by atoms with Crippen molar-refractivity contribution in [2.75, 3.05) is 19.6 Å². The Hall–Kier alpha value is -1.80. The maximum atomic E-state index is 12.0. The van der Waals surface area contributed by atoms with Crippen LogP contribution in [0, 0.1) is 0 Å². The van der Waals surface area contributed by atoms with Crippen LogP contribution in [0.5, 0.6) is 5.75 Å². The fraction of sp³-hybridized carbons (Fsp3) is 0.462. The molecule has 116 valence electrons. The second-order valence-electron chi connectivity index (χ2n) is 4.62. The number of ether oxygens (including phenoxy) is 1. The molecule has 1 amide bonds. The zero-order valence-corrected chi connectivity index (χ0v) is 11.2. The summed E-state index contributed by atoms with van der Waals surface area (Å²) in [7, 11) is 0. The van der Waals surface area contributed by atoms with Gasteiger partial charge in [-0.3, -0.25) is 4.79 Å². The fourth-order valence-corrected chi connectivity index (χ4v) is 1.96. The Labute approximate surface area is 119 Å². The molecule has 8 heteroatoms. The molecule has 5 nitrogen and oxygen atoms in total. The summed E-state index contributed by atoms with van der Waals surface area (Å²) >= 11 is 0. The van der Waals surface area contributed by atoms with E-state index in [1.807, 2.05) is 0 Å². The van der Waals surface area contributed by atoms with Crippen molar-refractivity contribution in [3.8, 4) is 5.75 Å². The smallest absolute Gasteiger partial charge is 0.406 e. The zero-order chi connectivity index (χ0) is 15.3. The van der Waals surface area contributed by atoms with Gasteiger partial charge in [0.05, 0.1) is 6.04 Å². The highest BCUT2D eigenvalue weighted by Gasteiger charge is 2.30. The Bertz CT molecular complexity index is 471. The molecule has 1 aromatic carbocycles. The maximum absolute atomic E-state index is 12.0. The number of carbonyl (C=O) groups excluding carboxylic acids is 1. The highest BCUT2D eigenvalue weighted by molar-refractivity contribution is 5.82. The molecule has 0 spiro atoms. The summed E-state index contributed by atoms with van der Waals surface area (Å²) in [4.78, 5) is 11.8. The SMILES string of the molecule is O=C(NCc1ccc(OC(F)(F)F)cc1)C1CNCCN1. The molecule has 21 heavy (non-hydrogen) atoms. The zero-order valence-electron chi connectivity index (χ0n) is 11.2. The second kappa shape index (κ2) is 6.77. The van der Waals surface area contributed by atoms with Crippen LogP contribution in [0.3, 0.4) is 0 Å². The summed E-state index contributed by atoms with van der Waals surface area (Å²) in [5.41, 5.74) is 0.696. The molecule has 0 aromatic heterocycles. The third kappa shape index (κ3) is 5.24. The molecule has 1 aliphatic heterocycles. The molecule has 0 radical (unpaired) electrons. The standard InChI is InChI=1S/C13H16F3N3O2/c14-13(15,16)21-10-3-1-9(2-4-10)7-19-12(20)11-8-17-5-6-18-11/h1-4,11,17-18H,5-8H2,(H,19,20). The first-order chi connectivity index (χ1) is 9.94. The summed E-state index contributed by atoms with van der Waals surface area (Å²) in [6.07, 6.45) is -4.70. The van der Waals surface area contributed by atoms with Crippen molar-refractivity contribution in [3.05, 3.63) is 29.8 Å². The lowest BCUT2D eigenvalue weighted by molar-refractivity contribution is -0.274. The molecule has 2 rings (SSSR count). The van der Waals surface area contributed by atoms with Gasteiger partial charge in [-0.1, -0.05) is 12.1 Å². The van der Waals surface area contributed by atoms with Crippen molar-refractivity contribution in [1.29, 1.82) is 0 Å². The molecule has 0 bridgehead atoms. The van der Waals surface area contributed by atoms with Gasteiger partial charge < -0.3 is 20.7 Å². The summed E-state index contributed by atoms with van der Waals surface area (Å²) in [5, 5.41) is 8.90. The van der Waals surface area contributed by atoms with E-state index in [1.54, 1.807) is 0 Å². The largest absolute Gasteiger partial charge is 0.573 e. The van der Waals surface area contributed by atoms with E-state index in [-0.39, 0.29) is 24.2 Å². The number of hydrogen-bond acceptors (Lipinski definition) is 4. The molecule has 3 N–H and O–H groups in total. The Morgan fingerprint density at radius 1 is 1.29 bits per heavy atom. The van der Waals surface area contributed by atoms with Crippen molar-refractivity contribution >= 4 is 5.91 Å². The Balaban J connectivity index is 1.81. The predicted molar refractivity (Wildman–Crippen MR) is 69.6 cm³/mol. The third-order valence-corrected chi connectivity index (χ3v) is 2.98. The second-order valence-corrected chi connectivity index (χ2v) is 4.62. The molecule has 0 aliphatic carbocycles. The van der Waals surface area contributed by atoms with Gasteiger partial charge in [0.25, 0.3) is 0 Å². The highest BCUT2D eigenvalue weighted by atomic mass is 19.4. The van der Waals surface area contributed by atoms with Crippen molar-refractivity contribution in [2.24, 2.45) is 0 Å². The van der Waals surface area contributed by atoms with E-state index >= 15 is 0 Å². The number of rotatable bonds is 4. The van der Waals surface area contributed by atoms with Gasteiger partial charge in [-0.05, 0) is 17.7 Å². The van der Waals surface area contributed by atoms with Crippen LogP contribution in [0.25, 0.3) is 0 Å². The first-order valence-electron chi connectivity index (χ1n) is 6.50. The van der Waals surface area contributed by atoms with Crippen molar-refractivity contribution in [2.45, 2.75) is 18.9 Å². The highest BCUT2D eigenvalue weighted by Crippen LogP contribution is 2.22. The van der Waals surface area contributed by atoms with Crippen LogP contribution in [-0.2, 0) is 11.3 Å². The number of piperazine rings is 1. The minimum atomic E-state index is -4.70. The molecule has 1 fully saturated rings.